The summed E-state index contributed by atoms with van der Waals surface area (Å²) in [5, 5.41) is 0. The molecule has 0 bridgehead atoms. The topological polar surface area (TPSA) is 49.6 Å². The van der Waals surface area contributed by atoms with Gasteiger partial charge in [-0.3, -0.25) is 4.79 Å². The van der Waals surface area contributed by atoms with E-state index in [-0.39, 0.29) is 36.8 Å². The highest BCUT2D eigenvalue weighted by molar-refractivity contribution is 5.93. The minimum absolute atomic E-state index is 0. The number of hydrogen-bond acceptors (Lipinski definition) is 3. The third-order valence-corrected chi connectivity index (χ3v) is 3.76. The standard InChI is InChI=1S/C19H25N3O.2ClH/c1-21(2)13-14-22(17-11-7-4-8-12-17)19(23)15-18(20)16-9-5-3-6-10-16;;/h3-12,18H,13-15,20H2,1-2H3;2*1H. The number of carbonyl (C=O) groups excluding carboxylic acids is 1. The molecule has 0 spiro atoms. The first-order chi connectivity index (χ1) is 11.1. The summed E-state index contributed by atoms with van der Waals surface area (Å²) in [4.78, 5) is 16.7. The summed E-state index contributed by atoms with van der Waals surface area (Å²) < 4.78 is 0. The van der Waals surface area contributed by atoms with E-state index in [2.05, 4.69) is 4.90 Å². The van der Waals surface area contributed by atoms with Crippen molar-refractivity contribution in [1.82, 2.24) is 4.90 Å². The van der Waals surface area contributed by atoms with Gasteiger partial charge in [0.15, 0.2) is 0 Å². The Bertz CT molecular complexity index is 609. The van der Waals surface area contributed by atoms with Crippen LogP contribution in [0.3, 0.4) is 0 Å². The van der Waals surface area contributed by atoms with E-state index in [1.165, 1.54) is 0 Å². The van der Waals surface area contributed by atoms with Gasteiger partial charge in [-0.2, -0.15) is 0 Å². The van der Waals surface area contributed by atoms with E-state index in [0.29, 0.717) is 13.0 Å². The minimum atomic E-state index is -0.283. The summed E-state index contributed by atoms with van der Waals surface area (Å²) in [6.07, 6.45) is 0.298. The first-order valence-electron chi connectivity index (χ1n) is 7.88. The van der Waals surface area contributed by atoms with Crippen LogP contribution >= 0.6 is 24.8 Å². The van der Waals surface area contributed by atoms with Crippen LogP contribution in [0.2, 0.25) is 0 Å². The van der Waals surface area contributed by atoms with Crippen molar-refractivity contribution in [1.29, 1.82) is 0 Å². The molecule has 0 aromatic heterocycles. The lowest BCUT2D eigenvalue weighted by Gasteiger charge is -2.26. The third-order valence-electron chi connectivity index (χ3n) is 3.76. The average Bonchev–Trinajstić information content (AvgIpc) is 2.56. The summed E-state index contributed by atoms with van der Waals surface area (Å²) in [6.45, 7) is 1.46. The highest BCUT2D eigenvalue weighted by atomic mass is 35.5. The van der Waals surface area contributed by atoms with Crippen LogP contribution in [-0.2, 0) is 4.79 Å². The molecular formula is C19H27Cl2N3O. The molecular weight excluding hydrogens is 357 g/mol. The lowest BCUT2D eigenvalue weighted by Crippen LogP contribution is -2.38. The zero-order chi connectivity index (χ0) is 16.7. The van der Waals surface area contributed by atoms with E-state index in [9.17, 15) is 4.79 Å². The van der Waals surface area contributed by atoms with Crippen LogP contribution in [0.5, 0.6) is 0 Å². The molecule has 0 radical (unpaired) electrons. The molecule has 2 rings (SSSR count). The van der Waals surface area contributed by atoms with E-state index >= 15 is 0 Å². The quantitative estimate of drug-likeness (QED) is 0.795. The number of amides is 1. The summed E-state index contributed by atoms with van der Waals surface area (Å²) in [7, 11) is 4.01. The number of anilines is 1. The molecule has 0 saturated carbocycles. The number of para-hydroxylation sites is 1. The predicted molar refractivity (Wildman–Crippen MR) is 110 cm³/mol. The molecule has 0 fully saturated rings. The van der Waals surface area contributed by atoms with E-state index in [1.807, 2.05) is 79.7 Å². The molecule has 6 heteroatoms. The average molecular weight is 384 g/mol. The van der Waals surface area contributed by atoms with Crippen molar-refractivity contribution >= 4 is 36.4 Å². The van der Waals surface area contributed by atoms with Crippen molar-refractivity contribution in [2.45, 2.75) is 12.5 Å². The van der Waals surface area contributed by atoms with Crippen LogP contribution in [0, 0.1) is 0 Å². The number of hydrogen-bond donors (Lipinski definition) is 1. The number of nitrogens with zero attached hydrogens (tertiary/aromatic N) is 2. The van der Waals surface area contributed by atoms with Crippen molar-refractivity contribution in [3.63, 3.8) is 0 Å². The van der Waals surface area contributed by atoms with Gasteiger partial charge in [-0.25, -0.2) is 0 Å². The second-order valence-corrected chi connectivity index (χ2v) is 5.91. The van der Waals surface area contributed by atoms with Crippen molar-refractivity contribution in [2.75, 3.05) is 32.1 Å². The van der Waals surface area contributed by atoms with Gasteiger partial charge in [0.05, 0.1) is 0 Å². The lowest BCUT2D eigenvalue weighted by atomic mass is 10.0. The van der Waals surface area contributed by atoms with Gasteiger partial charge in [0.1, 0.15) is 0 Å². The third kappa shape index (κ3) is 7.45. The van der Waals surface area contributed by atoms with Gasteiger partial charge >= 0.3 is 0 Å². The van der Waals surface area contributed by atoms with Crippen LogP contribution in [0.15, 0.2) is 60.7 Å². The summed E-state index contributed by atoms with van der Waals surface area (Å²) in [5.41, 5.74) is 8.11. The van der Waals surface area contributed by atoms with E-state index < -0.39 is 0 Å². The normalized spacial score (nSPS) is 11.2. The van der Waals surface area contributed by atoms with Gasteiger partial charge in [0.2, 0.25) is 5.91 Å². The molecule has 25 heavy (non-hydrogen) atoms. The SMILES string of the molecule is CN(C)CCN(C(=O)CC(N)c1ccccc1)c1ccccc1.Cl.Cl. The summed E-state index contributed by atoms with van der Waals surface area (Å²) >= 11 is 0. The lowest BCUT2D eigenvalue weighted by molar-refractivity contribution is -0.119. The van der Waals surface area contributed by atoms with Gasteiger partial charge < -0.3 is 15.5 Å². The molecule has 2 aromatic carbocycles. The first kappa shape index (κ1) is 23.4. The Balaban J connectivity index is 0.00000288. The fraction of sp³-hybridized carbons (Fsp3) is 0.316. The van der Waals surface area contributed by atoms with Gasteiger partial charge in [-0.15, -0.1) is 24.8 Å². The summed E-state index contributed by atoms with van der Waals surface area (Å²) in [6, 6.07) is 19.2. The molecule has 0 aliphatic carbocycles. The highest BCUT2D eigenvalue weighted by Gasteiger charge is 2.19. The fourth-order valence-corrected chi connectivity index (χ4v) is 2.42. The van der Waals surface area contributed by atoms with Crippen molar-refractivity contribution in [3.8, 4) is 0 Å². The Morgan fingerprint density at radius 2 is 1.44 bits per heavy atom. The van der Waals surface area contributed by atoms with E-state index in [1.54, 1.807) is 0 Å². The Kier molecular flexibility index (Phi) is 11.1. The van der Waals surface area contributed by atoms with Gasteiger partial charge in [0.25, 0.3) is 0 Å². The molecule has 1 atom stereocenters. The van der Waals surface area contributed by atoms with Crippen LogP contribution in [-0.4, -0.2) is 38.0 Å². The smallest absolute Gasteiger partial charge is 0.228 e. The van der Waals surface area contributed by atoms with Crippen LogP contribution in [0.25, 0.3) is 0 Å². The van der Waals surface area contributed by atoms with Crippen molar-refractivity contribution < 1.29 is 4.79 Å². The van der Waals surface area contributed by atoms with E-state index in [0.717, 1.165) is 17.8 Å². The molecule has 2 aromatic rings. The second kappa shape index (κ2) is 11.9. The maximum absolute atomic E-state index is 12.8. The number of rotatable bonds is 7. The van der Waals surface area contributed by atoms with Gasteiger partial charge in [0, 0.05) is 31.2 Å². The molecule has 1 unspecified atom stereocenters. The predicted octanol–water partition coefficient (Wildman–Crippen LogP) is 3.51. The summed E-state index contributed by atoms with van der Waals surface area (Å²) in [5.74, 6) is 0.0504. The number of likely N-dealkylation sites (N-methyl/N-ethyl adjacent to an activating group) is 1. The zero-order valence-electron chi connectivity index (χ0n) is 14.7. The largest absolute Gasteiger partial charge is 0.324 e. The fourth-order valence-electron chi connectivity index (χ4n) is 2.42. The Labute approximate surface area is 162 Å². The van der Waals surface area contributed by atoms with Gasteiger partial charge in [-0.1, -0.05) is 48.5 Å². The molecule has 4 nitrogen and oxygen atoms in total. The maximum Gasteiger partial charge on any atom is 0.228 e. The Morgan fingerprint density at radius 3 is 1.96 bits per heavy atom. The van der Waals surface area contributed by atoms with Crippen LogP contribution in [0.4, 0.5) is 5.69 Å². The Morgan fingerprint density at radius 1 is 0.920 bits per heavy atom. The van der Waals surface area contributed by atoms with E-state index in [4.69, 9.17) is 5.73 Å². The first-order valence-corrected chi connectivity index (χ1v) is 7.88. The highest BCUT2D eigenvalue weighted by Crippen LogP contribution is 2.19. The maximum atomic E-state index is 12.8. The number of nitrogens with two attached hydrogens (primary N) is 1. The molecule has 138 valence electrons. The second-order valence-electron chi connectivity index (χ2n) is 5.91. The molecule has 0 aliphatic rings. The zero-order valence-corrected chi connectivity index (χ0v) is 16.3. The molecule has 0 saturated heterocycles. The van der Waals surface area contributed by atoms with Crippen molar-refractivity contribution in [3.05, 3.63) is 66.2 Å². The molecule has 1 amide bonds. The Hall–Kier alpha value is -1.59. The molecule has 2 N–H and O–H groups in total. The number of halogens is 2. The number of carbonyl (C=O) groups is 1. The number of benzene rings is 2. The van der Waals surface area contributed by atoms with Crippen molar-refractivity contribution in [2.24, 2.45) is 5.73 Å². The minimum Gasteiger partial charge on any atom is -0.324 e. The van der Waals surface area contributed by atoms with Crippen LogP contribution in [0.1, 0.15) is 18.0 Å². The molecule has 0 heterocycles. The van der Waals surface area contributed by atoms with Crippen LogP contribution < -0.4 is 10.6 Å². The molecule has 0 aliphatic heterocycles. The monoisotopic (exact) mass is 383 g/mol. The van der Waals surface area contributed by atoms with Gasteiger partial charge in [-0.05, 0) is 31.8 Å².